The van der Waals surface area contributed by atoms with E-state index in [1.165, 1.54) is 6.08 Å². The molecule has 1 aromatic heterocycles. The Bertz CT molecular complexity index is 443. The first kappa shape index (κ1) is 13.3. The third-order valence-electron chi connectivity index (χ3n) is 2.23. The number of aryl methyl sites for hydroxylation is 1. The number of ether oxygens (including phenoxy) is 1. The molecular formula is C12H18N2O3. The Morgan fingerprint density at radius 1 is 1.35 bits per heavy atom. The summed E-state index contributed by atoms with van der Waals surface area (Å²) in [5, 5.41) is 0. The van der Waals surface area contributed by atoms with E-state index in [0.717, 1.165) is 6.42 Å². The van der Waals surface area contributed by atoms with E-state index in [0.29, 0.717) is 19.7 Å². The van der Waals surface area contributed by atoms with Crippen molar-refractivity contribution in [1.82, 2.24) is 9.13 Å². The largest absolute Gasteiger partial charge is 0.463 e. The molecule has 0 spiro atoms. The van der Waals surface area contributed by atoms with Crippen LogP contribution in [-0.2, 0) is 22.6 Å². The molecule has 1 heterocycles. The molecule has 0 atom stereocenters. The third kappa shape index (κ3) is 3.94. The first-order chi connectivity index (χ1) is 8.19. The fourth-order valence-corrected chi connectivity index (χ4v) is 1.46. The zero-order chi connectivity index (χ0) is 12.7. The molecule has 0 bridgehead atoms. The van der Waals surface area contributed by atoms with E-state index in [2.05, 4.69) is 0 Å². The van der Waals surface area contributed by atoms with Gasteiger partial charge in [-0.25, -0.2) is 9.59 Å². The van der Waals surface area contributed by atoms with Gasteiger partial charge >= 0.3 is 11.7 Å². The maximum Gasteiger partial charge on any atom is 0.330 e. The number of hydrogen-bond acceptors (Lipinski definition) is 3. The van der Waals surface area contributed by atoms with Crippen LogP contribution >= 0.6 is 0 Å². The third-order valence-corrected chi connectivity index (χ3v) is 2.23. The molecule has 17 heavy (non-hydrogen) atoms. The fourth-order valence-electron chi connectivity index (χ4n) is 1.46. The van der Waals surface area contributed by atoms with Crippen LogP contribution in [0.5, 0.6) is 0 Å². The van der Waals surface area contributed by atoms with Crippen molar-refractivity contribution in [2.24, 2.45) is 0 Å². The number of hydrogen-bond donors (Lipinski definition) is 0. The SMILES string of the molecule is CCCn1ccn(C/C=C/C(=O)OCC)c1=O. The highest BCUT2D eigenvalue weighted by atomic mass is 16.5. The molecule has 5 nitrogen and oxygen atoms in total. The Morgan fingerprint density at radius 3 is 2.71 bits per heavy atom. The van der Waals surface area contributed by atoms with Crippen LogP contribution in [0.1, 0.15) is 20.3 Å². The molecule has 0 aliphatic rings. The number of carbonyl (C=O) groups excluding carboxylic acids is 1. The first-order valence-corrected chi connectivity index (χ1v) is 5.77. The van der Waals surface area contributed by atoms with Gasteiger partial charge < -0.3 is 4.74 Å². The van der Waals surface area contributed by atoms with E-state index in [-0.39, 0.29) is 11.7 Å². The molecule has 5 heteroatoms. The van der Waals surface area contributed by atoms with Gasteiger partial charge in [-0.2, -0.15) is 0 Å². The maximum atomic E-state index is 11.7. The van der Waals surface area contributed by atoms with Crippen LogP contribution in [0.2, 0.25) is 0 Å². The lowest BCUT2D eigenvalue weighted by molar-refractivity contribution is -0.137. The number of nitrogens with zero attached hydrogens (tertiary/aromatic N) is 2. The molecule has 0 aliphatic carbocycles. The smallest absolute Gasteiger partial charge is 0.330 e. The minimum atomic E-state index is -0.381. The highest BCUT2D eigenvalue weighted by Gasteiger charge is 2.00. The van der Waals surface area contributed by atoms with Gasteiger partial charge in [-0.15, -0.1) is 0 Å². The van der Waals surface area contributed by atoms with Crippen molar-refractivity contribution in [3.05, 3.63) is 35.0 Å². The fraction of sp³-hybridized carbons (Fsp3) is 0.500. The quantitative estimate of drug-likeness (QED) is 0.552. The monoisotopic (exact) mass is 238 g/mol. The molecule has 94 valence electrons. The number of imidazole rings is 1. The molecular weight excluding hydrogens is 220 g/mol. The Hall–Kier alpha value is -1.78. The zero-order valence-electron chi connectivity index (χ0n) is 10.3. The molecule has 0 aromatic carbocycles. The lowest BCUT2D eigenvalue weighted by Crippen LogP contribution is -2.23. The number of rotatable bonds is 6. The van der Waals surface area contributed by atoms with Crippen LogP contribution in [0.3, 0.4) is 0 Å². The van der Waals surface area contributed by atoms with Crippen molar-refractivity contribution in [1.29, 1.82) is 0 Å². The van der Waals surface area contributed by atoms with Gasteiger partial charge in [0.2, 0.25) is 0 Å². The van der Waals surface area contributed by atoms with Crippen molar-refractivity contribution >= 4 is 5.97 Å². The van der Waals surface area contributed by atoms with Crippen molar-refractivity contribution in [3.63, 3.8) is 0 Å². The van der Waals surface area contributed by atoms with Crippen LogP contribution < -0.4 is 5.69 Å². The summed E-state index contributed by atoms with van der Waals surface area (Å²) in [6, 6.07) is 0. The van der Waals surface area contributed by atoms with Crippen molar-refractivity contribution in [2.45, 2.75) is 33.4 Å². The zero-order valence-corrected chi connectivity index (χ0v) is 10.3. The molecule has 0 saturated heterocycles. The summed E-state index contributed by atoms with van der Waals surface area (Å²) in [7, 11) is 0. The first-order valence-electron chi connectivity index (χ1n) is 5.77. The summed E-state index contributed by atoms with van der Waals surface area (Å²) < 4.78 is 7.93. The Balaban J connectivity index is 2.58. The minimum absolute atomic E-state index is 0.0552. The number of aromatic nitrogens is 2. The van der Waals surface area contributed by atoms with Gasteiger partial charge in [-0.3, -0.25) is 9.13 Å². The van der Waals surface area contributed by atoms with Gasteiger partial charge in [0.05, 0.1) is 6.61 Å². The molecule has 0 unspecified atom stereocenters. The van der Waals surface area contributed by atoms with E-state index in [1.807, 2.05) is 6.92 Å². The van der Waals surface area contributed by atoms with Crippen molar-refractivity contribution in [2.75, 3.05) is 6.61 Å². The standard InChI is InChI=1S/C12H18N2O3/c1-3-7-13-9-10-14(12(13)16)8-5-6-11(15)17-4-2/h5-6,9-10H,3-4,7-8H2,1-2H3/b6-5+. The maximum absolute atomic E-state index is 11.7. The number of carbonyl (C=O) groups is 1. The van der Waals surface area contributed by atoms with E-state index >= 15 is 0 Å². The summed E-state index contributed by atoms with van der Waals surface area (Å²) >= 11 is 0. The van der Waals surface area contributed by atoms with Crippen molar-refractivity contribution < 1.29 is 9.53 Å². The van der Waals surface area contributed by atoms with E-state index in [9.17, 15) is 9.59 Å². The average Bonchev–Trinajstić information content (AvgIpc) is 2.63. The van der Waals surface area contributed by atoms with Gasteiger partial charge in [0.15, 0.2) is 0 Å². The van der Waals surface area contributed by atoms with E-state index < -0.39 is 0 Å². The second-order valence-corrected chi connectivity index (χ2v) is 3.58. The summed E-state index contributed by atoms with van der Waals surface area (Å²) in [5.41, 5.74) is -0.0552. The lowest BCUT2D eigenvalue weighted by Gasteiger charge is -1.98. The predicted octanol–water partition coefficient (Wildman–Crippen LogP) is 1.18. The van der Waals surface area contributed by atoms with Crippen LogP contribution in [0.4, 0.5) is 0 Å². The van der Waals surface area contributed by atoms with Gasteiger partial charge in [0.25, 0.3) is 0 Å². The summed E-state index contributed by atoms with van der Waals surface area (Å²) in [4.78, 5) is 22.8. The second kappa shape index (κ2) is 6.73. The Kier molecular flexibility index (Phi) is 5.26. The van der Waals surface area contributed by atoms with E-state index in [4.69, 9.17) is 4.74 Å². The Morgan fingerprint density at radius 2 is 2.06 bits per heavy atom. The minimum Gasteiger partial charge on any atom is -0.463 e. The molecule has 1 rings (SSSR count). The van der Waals surface area contributed by atoms with Crippen LogP contribution in [0.25, 0.3) is 0 Å². The number of esters is 1. The molecule has 0 saturated carbocycles. The average molecular weight is 238 g/mol. The van der Waals surface area contributed by atoms with Crippen molar-refractivity contribution in [3.8, 4) is 0 Å². The van der Waals surface area contributed by atoms with Crippen LogP contribution in [-0.4, -0.2) is 21.7 Å². The van der Waals surface area contributed by atoms with Gasteiger partial charge in [-0.1, -0.05) is 13.0 Å². The van der Waals surface area contributed by atoms with Gasteiger partial charge in [0.1, 0.15) is 0 Å². The Labute approximate surface area is 100 Å². The second-order valence-electron chi connectivity index (χ2n) is 3.58. The molecule has 0 aliphatic heterocycles. The summed E-state index contributed by atoms with van der Waals surface area (Å²) in [5.74, 6) is -0.381. The molecule has 0 amide bonds. The van der Waals surface area contributed by atoms with Crippen LogP contribution in [0.15, 0.2) is 29.3 Å². The summed E-state index contributed by atoms with van der Waals surface area (Å²) in [6.07, 6.45) is 7.35. The highest BCUT2D eigenvalue weighted by molar-refractivity contribution is 5.81. The van der Waals surface area contributed by atoms with Crippen LogP contribution in [0, 0.1) is 0 Å². The van der Waals surface area contributed by atoms with Gasteiger partial charge in [-0.05, 0) is 13.3 Å². The highest BCUT2D eigenvalue weighted by Crippen LogP contribution is 1.90. The molecule has 1 aromatic rings. The number of allylic oxidation sites excluding steroid dienone is 1. The van der Waals surface area contributed by atoms with Gasteiger partial charge in [0, 0.05) is 31.6 Å². The lowest BCUT2D eigenvalue weighted by atomic mass is 10.5. The molecule has 0 radical (unpaired) electrons. The predicted molar refractivity (Wildman–Crippen MR) is 64.8 cm³/mol. The normalized spacial score (nSPS) is 10.9. The summed E-state index contributed by atoms with van der Waals surface area (Å²) in [6.45, 7) is 5.23. The molecule has 0 fully saturated rings. The topological polar surface area (TPSA) is 53.2 Å². The molecule has 0 N–H and O–H groups in total. The van der Waals surface area contributed by atoms with E-state index in [1.54, 1.807) is 34.5 Å².